The summed E-state index contributed by atoms with van der Waals surface area (Å²) in [5, 5.41) is 9.90. The third-order valence-corrected chi connectivity index (χ3v) is 3.11. The summed E-state index contributed by atoms with van der Waals surface area (Å²) < 4.78 is 0. The second-order valence-electron chi connectivity index (χ2n) is 3.79. The predicted octanol–water partition coefficient (Wildman–Crippen LogP) is 2.02. The smallest absolute Gasteiger partial charge is 0.252 e. The fraction of sp³-hybridized carbons (Fsp3) is 0.364. The standard InChI is InChI=1S/C11H12ClNO2/c12-8-5-6-3-1-2-4-7(6)9(10(8)14)11(13)15/h5,14H,1-4H2,(H2,13,15). The van der Waals surface area contributed by atoms with Crippen molar-refractivity contribution < 1.29 is 9.90 Å². The zero-order chi connectivity index (χ0) is 11.0. The first kappa shape index (κ1) is 10.3. The maximum atomic E-state index is 11.2. The van der Waals surface area contributed by atoms with E-state index in [0.717, 1.165) is 36.8 Å². The largest absolute Gasteiger partial charge is 0.506 e. The summed E-state index contributed by atoms with van der Waals surface area (Å²) >= 11 is 5.84. The van der Waals surface area contributed by atoms with Gasteiger partial charge in [-0.05, 0) is 42.9 Å². The number of aromatic hydroxyl groups is 1. The molecule has 1 amide bonds. The van der Waals surface area contributed by atoms with Crippen LogP contribution in [0.25, 0.3) is 0 Å². The van der Waals surface area contributed by atoms with Gasteiger partial charge < -0.3 is 10.8 Å². The minimum Gasteiger partial charge on any atom is -0.506 e. The number of hydrogen-bond donors (Lipinski definition) is 2. The van der Waals surface area contributed by atoms with Gasteiger partial charge in [0.1, 0.15) is 5.75 Å². The number of rotatable bonds is 1. The second-order valence-corrected chi connectivity index (χ2v) is 4.20. The zero-order valence-corrected chi connectivity index (χ0v) is 8.97. The van der Waals surface area contributed by atoms with Gasteiger partial charge in [-0.3, -0.25) is 4.79 Å². The van der Waals surface area contributed by atoms with Crippen molar-refractivity contribution >= 4 is 17.5 Å². The summed E-state index contributed by atoms with van der Waals surface area (Å²) in [5.41, 5.74) is 7.37. The molecule has 0 fully saturated rings. The lowest BCUT2D eigenvalue weighted by atomic mass is 9.87. The van der Waals surface area contributed by atoms with Crippen molar-refractivity contribution in [2.45, 2.75) is 25.7 Å². The van der Waals surface area contributed by atoms with Crippen LogP contribution >= 0.6 is 11.6 Å². The van der Waals surface area contributed by atoms with Crippen LogP contribution in [0.2, 0.25) is 5.02 Å². The molecule has 0 bridgehead atoms. The van der Waals surface area contributed by atoms with Gasteiger partial charge in [-0.15, -0.1) is 0 Å². The quantitative estimate of drug-likeness (QED) is 0.768. The van der Waals surface area contributed by atoms with E-state index in [9.17, 15) is 9.90 Å². The minimum absolute atomic E-state index is 0.176. The fourth-order valence-corrected chi connectivity index (χ4v) is 2.35. The third-order valence-electron chi connectivity index (χ3n) is 2.82. The van der Waals surface area contributed by atoms with Gasteiger partial charge >= 0.3 is 0 Å². The molecule has 0 saturated carbocycles. The van der Waals surface area contributed by atoms with Crippen molar-refractivity contribution in [2.24, 2.45) is 5.73 Å². The lowest BCUT2D eigenvalue weighted by molar-refractivity contribution is 0.0996. The lowest BCUT2D eigenvalue weighted by Crippen LogP contribution is -2.17. The Balaban J connectivity index is 2.68. The van der Waals surface area contributed by atoms with Gasteiger partial charge in [-0.2, -0.15) is 0 Å². The van der Waals surface area contributed by atoms with Gasteiger partial charge in [0.25, 0.3) is 5.91 Å². The number of carbonyl (C=O) groups excluding carboxylic acids is 1. The zero-order valence-electron chi connectivity index (χ0n) is 8.22. The van der Waals surface area contributed by atoms with Crippen molar-refractivity contribution in [3.63, 3.8) is 0 Å². The molecule has 0 aromatic heterocycles. The number of halogens is 1. The van der Waals surface area contributed by atoms with E-state index in [1.54, 1.807) is 6.07 Å². The van der Waals surface area contributed by atoms with Crippen LogP contribution in [0.4, 0.5) is 0 Å². The Morgan fingerprint density at radius 3 is 2.73 bits per heavy atom. The van der Waals surface area contributed by atoms with E-state index in [1.165, 1.54) is 0 Å². The second kappa shape index (κ2) is 3.74. The highest BCUT2D eigenvalue weighted by molar-refractivity contribution is 6.32. The molecule has 0 radical (unpaired) electrons. The molecule has 0 atom stereocenters. The van der Waals surface area contributed by atoms with E-state index in [1.807, 2.05) is 0 Å². The number of aryl methyl sites for hydroxylation is 1. The summed E-state index contributed by atoms with van der Waals surface area (Å²) in [5.74, 6) is -0.780. The molecule has 0 unspecified atom stereocenters. The Morgan fingerprint density at radius 2 is 2.07 bits per heavy atom. The summed E-state index contributed by atoms with van der Waals surface area (Å²) in [4.78, 5) is 11.2. The molecule has 3 N–H and O–H groups in total. The van der Waals surface area contributed by atoms with Crippen molar-refractivity contribution in [1.82, 2.24) is 0 Å². The first-order valence-corrected chi connectivity index (χ1v) is 5.32. The molecule has 1 aromatic carbocycles. The van der Waals surface area contributed by atoms with E-state index in [-0.39, 0.29) is 16.3 Å². The van der Waals surface area contributed by atoms with Crippen LogP contribution in [-0.4, -0.2) is 11.0 Å². The Morgan fingerprint density at radius 1 is 1.40 bits per heavy atom. The highest BCUT2D eigenvalue weighted by Gasteiger charge is 2.22. The summed E-state index contributed by atoms with van der Waals surface area (Å²) in [6.07, 6.45) is 3.80. The Kier molecular flexibility index (Phi) is 2.57. The maximum absolute atomic E-state index is 11.2. The topological polar surface area (TPSA) is 63.3 Å². The third kappa shape index (κ3) is 1.67. The minimum atomic E-state index is -0.604. The number of benzene rings is 1. The monoisotopic (exact) mass is 225 g/mol. The van der Waals surface area contributed by atoms with Crippen molar-refractivity contribution in [3.05, 3.63) is 27.8 Å². The molecular weight excluding hydrogens is 214 g/mol. The molecule has 0 heterocycles. The maximum Gasteiger partial charge on any atom is 0.252 e. The highest BCUT2D eigenvalue weighted by atomic mass is 35.5. The van der Waals surface area contributed by atoms with Crippen molar-refractivity contribution in [3.8, 4) is 5.75 Å². The number of hydrogen-bond acceptors (Lipinski definition) is 2. The van der Waals surface area contributed by atoms with Crippen LogP contribution in [0.3, 0.4) is 0 Å². The average molecular weight is 226 g/mol. The van der Waals surface area contributed by atoms with Gasteiger partial charge in [0, 0.05) is 0 Å². The number of fused-ring (bicyclic) bond motifs is 1. The molecule has 1 aliphatic rings. The molecule has 0 aliphatic heterocycles. The van der Waals surface area contributed by atoms with Crippen LogP contribution in [-0.2, 0) is 12.8 Å². The molecule has 1 aliphatic carbocycles. The van der Waals surface area contributed by atoms with Crippen LogP contribution in [0.1, 0.15) is 34.3 Å². The van der Waals surface area contributed by atoms with Gasteiger partial charge in [-0.1, -0.05) is 11.6 Å². The van der Waals surface area contributed by atoms with E-state index in [2.05, 4.69) is 0 Å². The number of nitrogens with two attached hydrogens (primary N) is 1. The fourth-order valence-electron chi connectivity index (χ4n) is 2.12. The number of carbonyl (C=O) groups is 1. The highest BCUT2D eigenvalue weighted by Crippen LogP contribution is 2.36. The first-order valence-electron chi connectivity index (χ1n) is 4.94. The summed E-state index contributed by atoms with van der Waals surface area (Å²) in [7, 11) is 0. The van der Waals surface area contributed by atoms with Gasteiger partial charge in [0.2, 0.25) is 0 Å². The molecular formula is C11H12ClNO2. The Labute approximate surface area is 92.8 Å². The van der Waals surface area contributed by atoms with Crippen molar-refractivity contribution in [2.75, 3.05) is 0 Å². The molecule has 4 heteroatoms. The van der Waals surface area contributed by atoms with Gasteiger partial charge in [0.15, 0.2) is 0 Å². The molecule has 15 heavy (non-hydrogen) atoms. The molecule has 2 rings (SSSR count). The summed E-state index contributed by atoms with van der Waals surface area (Å²) in [6, 6.07) is 1.73. The number of amides is 1. The molecule has 1 aromatic rings. The van der Waals surface area contributed by atoms with Crippen LogP contribution in [0.15, 0.2) is 6.07 Å². The van der Waals surface area contributed by atoms with E-state index < -0.39 is 5.91 Å². The average Bonchev–Trinajstić information content (AvgIpc) is 2.19. The van der Waals surface area contributed by atoms with Gasteiger partial charge in [-0.25, -0.2) is 0 Å². The SMILES string of the molecule is NC(=O)c1c(O)c(Cl)cc2c1CCCC2. The van der Waals surface area contributed by atoms with Crippen LogP contribution in [0, 0.1) is 0 Å². The van der Waals surface area contributed by atoms with Crippen molar-refractivity contribution in [1.29, 1.82) is 0 Å². The summed E-state index contributed by atoms with van der Waals surface area (Å²) in [6.45, 7) is 0. The van der Waals surface area contributed by atoms with E-state index in [4.69, 9.17) is 17.3 Å². The molecule has 0 spiro atoms. The van der Waals surface area contributed by atoms with Crippen LogP contribution < -0.4 is 5.73 Å². The lowest BCUT2D eigenvalue weighted by Gasteiger charge is -2.19. The normalized spacial score (nSPS) is 14.7. The molecule has 3 nitrogen and oxygen atoms in total. The number of primary amides is 1. The first-order chi connectivity index (χ1) is 7.11. The Bertz CT molecular complexity index is 429. The van der Waals surface area contributed by atoms with Crippen LogP contribution in [0.5, 0.6) is 5.75 Å². The van der Waals surface area contributed by atoms with Gasteiger partial charge in [0.05, 0.1) is 10.6 Å². The molecule has 0 saturated heterocycles. The Hall–Kier alpha value is -1.22. The number of phenols is 1. The van der Waals surface area contributed by atoms with E-state index >= 15 is 0 Å². The molecule has 80 valence electrons. The predicted molar refractivity (Wildman–Crippen MR) is 58.3 cm³/mol. The van der Waals surface area contributed by atoms with E-state index in [0.29, 0.717) is 0 Å².